The Morgan fingerprint density at radius 2 is 1.85 bits per heavy atom. The summed E-state index contributed by atoms with van der Waals surface area (Å²) < 4.78 is 28.2. The van der Waals surface area contributed by atoms with Gasteiger partial charge in [0.15, 0.2) is 5.03 Å². The number of aromatic nitrogens is 2. The molecule has 0 amide bonds. The van der Waals surface area contributed by atoms with Crippen LogP contribution in [0.1, 0.15) is 19.2 Å². The summed E-state index contributed by atoms with van der Waals surface area (Å²) in [5.41, 5.74) is -1.71. The maximum Gasteiger partial charge on any atom is 0.260 e. The number of imidazole rings is 1. The molecule has 0 saturated heterocycles. The lowest BCUT2D eigenvalue weighted by molar-refractivity contribution is 0.0581. The molecule has 8 nitrogen and oxygen atoms in total. The van der Waals surface area contributed by atoms with Gasteiger partial charge < -0.3 is 19.9 Å². The average molecular weight is 307 g/mol. The van der Waals surface area contributed by atoms with Gasteiger partial charge in [-0.25, -0.2) is 13.4 Å². The lowest BCUT2D eigenvalue weighted by Crippen LogP contribution is -2.56. The fourth-order valence-electron chi connectivity index (χ4n) is 1.66. The highest BCUT2D eigenvalue weighted by atomic mass is 32.2. The molecule has 116 valence electrons. The first-order chi connectivity index (χ1) is 9.34. The third-order valence-corrected chi connectivity index (χ3v) is 4.40. The quantitative estimate of drug-likeness (QED) is 0.468. The van der Waals surface area contributed by atoms with E-state index in [4.69, 9.17) is 15.3 Å². The number of aliphatic hydroxyl groups is 3. The molecule has 0 unspecified atom stereocenters. The van der Waals surface area contributed by atoms with Crippen LogP contribution in [-0.2, 0) is 16.6 Å². The summed E-state index contributed by atoms with van der Waals surface area (Å²) in [5.74, 6) is 0.551. The van der Waals surface area contributed by atoms with Crippen molar-refractivity contribution in [2.45, 2.75) is 37.4 Å². The maximum atomic E-state index is 12.2. The van der Waals surface area contributed by atoms with Crippen LogP contribution >= 0.6 is 0 Å². The summed E-state index contributed by atoms with van der Waals surface area (Å²) >= 11 is 0. The molecule has 0 aliphatic carbocycles. The van der Waals surface area contributed by atoms with Gasteiger partial charge in [-0.3, -0.25) is 0 Å². The summed E-state index contributed by atoms with van der Waals surface area (Å²) in [6, 6.07) is 0. The van der Waals surface area contributed by atoms with Crippen LogP contribution in [-0.4, -0.2) is 58.6 Å². The molecule has 0 aromatic carbocycles. The van der Waals surface area contributed by atoms with Crippen LogP contribution in [0, 0.1) is 6.92 Å². The number of nitrogens with one attached hydrogen (secondary N) is 1. The third-order valence-electron chi connectivity index (χ3n) is 2.95. The van der Waals surface area contributed by atoms with Gasteiger partial charge in [-0.05, 0) is 13.3 Å². The monoisotopic (exact) mass is 307 g/mol. The average Bonchev–Trinajstić information content (AvgIpc) is 2.79. The number of sulfonamides is 1. The van der Waals surface area contributed by atoms with E-state index in [1.165, 1.54) is 6.20 Å². The van der Waals surface area contributed by atoms with E-state index in [2.05, 4.69) is 9.71 Å². The number of aryl methyl sites for hydroxylation is 2. The minimum absolute atomic E-state index is 0.205. The molecule has 1 rings (SSSR count). The number of aliphatic hydroxyl groups excluding tert-OH is 3. The molecule has 0 aliphatic heterocycles. The van der Waals surface area contributed by atoms with E-state index in [1.807, 2.05) is 6.92 Å². The molecule has 1 aromatic rings. The number of nitrogens with zero attached hydrogens (tertiary/aromatic N) is 2. The van der Waals surface area contributed by atoms with E-state index in [0.717, 1.165) is 6.42 Å². The van der Waals surface area contributed by atoms with Gasteiger partial charge in [-0.1, -0.05) is 6.92 Å². The van der Waals surface area contributed by atoms with E-state index >= 15 is 0 Å². The summed E-state index contributed by atoms with van der Waals surface area (Å²) in [5, 5.41) is 27.3. The molecule has 4 N–H and O–H groups in total. The Hall–Kier alpha value is -1.00. The van der Waals surface area contributed by atoms with Gasteiger partial charge in [0.25, 0.3) is 10.0 Å². The van der Waals surface area contributed by atoms with E-state index in [1.54, 1.807) is 11.5 Å². The zero-order chi connectivity index (χ0) is 15.4. The third kappa shape index (κ3) is 3.55. The summed E-state index contributed by atoms with van der Waals surface area (Å²) in [6.07, 6.45) is 2.22. The molecule has 0 spiro atoms. The second kappa shape index (κ2) is 6.64. The highest BCUT2D eigenvalue weighted by Gasteiger charge is 2.35. The molecular weight excluding hydrogens is 286 g/mol. The molecule has 9 heteroatoms. The standard InChI is InChI=1S/C11H21N3O5S/c1-3-4-14-5-10(12-9(14)2)20(18,19)13-11(6-15,7-16)8-17/h5,13,15-17H,3-4,6-8H2,1-2H3. The summed E-state index contributed by atoms with van der Waals surface area (Å²) in [6.45, 7) is 2.10. The number of rotatable bonds is 8. The molecule has 0 aliphatic rings. The van der Waals surface area contributed by atoms with Gasteiger partial charge in [0, 0.05) is 12.7 Å². The molecule has 0 bridgehead atoms. The zero-order valence-corrected chi connectivity index (χ0v) is 12.4. The minimum Gasteiger partial charge on any atom is -0.394 e. The summed E-state index contributed by atoms with van der Waals surface area (Å²) in [4.78, 5) is 3.96. The molecule has 1 aromatic heterocycles. The van der Waals surface area contributed by atoms with Crippen molar-refractivity contribution in [3.8, 4) is 0 Å². The van der Waals surface area contributed by atoms with Crippen LogP contribution in [0.15, 0.2) is 11.2 Å². The Bertz CT molecular complexity index is 528. The van der Waals surface area contributed by atoms with Crippen LogP contribution in [0.4, 0.5) is 0 Å². The van der Waals surface area contributed by atoms with Crippen LogP contribution in [0.5, 0.6) is 0 Å². The van der Waals surface area contributed by atoms with Crippen LogP contribution in [0.25, 0.3) is 0 Å². The Balaban J connectivity index is 3.07. The van der Waals surface area contributed by atoms with Gasteiger partial charge >= 0.3 is 0 Å². The van der Waals surface area contributed by atoms with Gasteiger partial charge in [-0.15, -0.1) is 0 Å². The lowest BCUT2D eigenvalue weighted by Gasteiger charge is -2.27. The lowest BCUT2D eigenvalue weighted by atomic mass is 10.1. The topological polar surface area (TPSA) is 125 Å². The van der Waals surface area contributed by atoms with Gasteiger partial charge in [0.05, 0.1) is 19.8 Å². The molecule has 0 atom stereocenters. The number of hydrogen-bond acceptors (Lipinski definition) is 6. The smallest absolute Gasteiger partial charge is 0.260 e. The predicted molar refractivity (Wildman–Crippen MR) is 71.6 cm³/mol. The normalized spacial score (nSPS) is 12.8. The fraction of sp³-hybridized carbons (Fsp3) is 0.727. The molecule has 1 heterocycles. The highest BCUT2D eigenvalue weighted by Crippen LogP contribution is 2.13. The van der Waals surface area contributed by atoms with E-state index in [9.17, 15) is 8.42 Å². The van der Waals surface area contributed by atoms with Crippen molar-refractivity contribution in [2.75, 3.05) is 19.8 Å². The largest absolute Gasteiger partial charge is 0.394 e. The first-order valence-corrected chi connectivity index (χ1v) is 7.73. The van der Waals surface area contributed by atoms with Crippen molar-refractivity contribution >= 4 is 10.0 Å². The van der Waals surface area contributed by atoms with Gasteiger partial charge in [0.1, 0.15) is 11.4 Å². The Kier molecular flexibility index (Phi) is 5.66. The van der Waals surface area contributed by atoms with Crippen molar-refractivity contribution in [1.29, 1.82) is 0 Å². The second-order valence-corrected chi connectivity index (χ2v) is 6.31. The maximum absolute atomic E-state index is 12.2. The van der Waals surface area contributed by atoms with Crippen molar-refractivity contribution in [1.82, 2.24) is 14.3 Å². The Labute approximate surface area is 118 Å². The first-order valence-electron chi connectivity index (χ1n) is 6.24. The van der Waals surface area contributed by atoms with E-state index < -0.39 is 35.4 Å². The van der Waals surface area contributed by atoms with E-state index in [-0.39, 0.29) is 5.03 Å². The minimum atomic E-state index is -4.04. The van der Waals surface area contributed by atoms with Crippen LogP contribution < -0.4 is 4.72 Å². The molecule has 20 heavy (non-hydrogen) atoms. The van der Waals surface area contributed by atoms with Crippen molar-refractivity contribution in [3.05, 3.63) is 12.0 Å². The van der Waals surface area contributed by atoms with E-state index in [0.29, 0.717) is 12.4 Å². The SMILES string of the molecule is CCCn1cc(S(=O)(=O)NC(CO)(CO)CO)nc1C. The molecule has 0 fully saturated rings. The summed E-state index contributed by atoms with van der Waals surface area (Å²) in [7, 11) is -4.04. The van der Waals surface area contributed by atoms with Gasteiger partial charge in [-0.2, -0.15) is 4.72 Å². The Morgan fingerprint density at radius 1 is 1.30 bits per heavy atom. The van der Waals surface area contributed by atoms with Crippen LogP contribution in [0.3, 0.4) is 0 Å². The highest BCUT2D eigenvalue weighted by molar-refractivity contribution is 7.89. The van der Waals surface area contributed by atoms with Crippen molar-refractivity contribution in [2.24, 2.45) is 0 Å². The zero-order valence-electron chi connectivity index (χ0n) is 11.6. The molecule has 0 saturated carbocycles. The molecule has 0 radical (unpaired) electrons. The second-order valence-electron chi connectivity index (χ2n) is 4.68. The van der Waals surface area contributed by atoms with Crippen molar-refractivity contribution in [3.63, 3.8) is 0 Å². The van der Waals surface area contributed by atoms with Crippen molar-refractivity contribution < 1.29 is 23.7 Å². The van der Waals surface area contributed by atoms with Crippen LogP contribution in [0.2, 0.25) is 0 Å². The molecular formula is C11H21N3O5S. The predicted octanol–water partition coefficient (Wildman–Crippen LogP) is -1.40. The van der Waals surface area contributed by atoms with Gasteiger partial charge in [0.2, 0.25) is 0 Å². The Morgan fingerprint density at radius 3 is 2.30 bits per heavy atom. The fourth-order valence-corrected chi connectivity index (χ4v) is 3.05. The first kappa shape index (κ1) is 17.1. The number of hydrogen-bond donors (Lipinski definition) is 4.